The predicted octanol–water partition coefficient (Wildman–Crippen LogP) is 6.94. The van der Waals surface area contributed by atoms with Gasteiger partial charge in [0.2, 0.25) is 0 Å². The fraction of sp³-hybridized carbons (Fsp3) is 0.0345. The van der Waals surface area contributed by atoms with Gasteiger partial charge in [-0.05, 0) is 72.3 Å². The molecule has 3 aromatic carbocycles. The number of ether oxygens (including phenoxy) is 1. The molecule has 4 aromatic rings. The largest absolute Gasteiger partial charge is 0.457 e. The highest BCUT2D eigenvalue weighted by molar-refractivity contribution is 6.31. The number of carbonyl (C=O) groups is 3. The van der Waals surface area contributed by atoms with Crippen molar-refractivity contribution >= 4 is 46.9 Å². The van der Waals surface area contributed by atoms with Crippen LogP contribution in [0.5, 0.6) is 11.5 Å². The number of alkyl halides is 3. The maximum absolute atomic E-state index is 13.3. The molecule has 0 aliphatic carbocycles. The molecular formula is C29H19ClF5N5O4. The number of halogens is 6. The van der Waals surface area contributed by atoms with E-state index < -0.39 is 46.2 Å². The van der Waals surface area contributed by atoms with E-state index in [0.717, 1.165) is 24.3 Å². The number of hydrogen-bond acceptors (Lipinski definition) is 5. The number of carbonyl (C=O) groups excluding carboxylic acids is 3. The van der Waals surface area contributed by atoms with Crippen molar-refractivity contribution in [2.24, 2.45) is 0 Å². The summed E-state index contributed by atoms with van der Waals surface area (Å²) in [5.41, 5.74) is 3.48. The smallest absolute Gasteiger partial charge is 0.417 e. The summed E-state index contributed by atoms with van der Waals surface area (Å²) in [6, 6.07) is 13.9. The number of hydrazine groups is 1. The molecule has 4 amide bonds. The van der Waals surface area contributed by atoms with Crippen molar-refractivity contribution in [1.82, 2.24) is 15.8 Å². The minimum Gasteiger partial charge on any atom is -0.457 e. The molecule has 0 spiro atoms. The summed E-state index contributed by atoms with van der Waals surface area (Å²) in [5, 5.41) is 4.27. The third-order valence-corrected chi connectivity index (χ3v) is 5.84. The molecule has 0 radical (unpaired) electrons. The van der Waals surface area contributed by atoms with E-state index in [4.69, 9.17) is 16.3 Å². The number of rotatable bonds is 7. The summed E-state index contributed by atoms with van der Waals surface area (Å²) in [6.45, 7) is 0. The van der Waals surface area contributed by atoms with E-state index in [1.54, 1.807) is 0 Å². The minimum atomic E-state index is -4.69. The highest BCUT2D eigenvalue weighted by atomic mass is 35.5. The first kappa shape index (κ1) is 31.4. The topological polar surface area (TPSA) is 121 Å². The first-order chi connectivity index (χ1) is 20.9. The molecule has 0 aliphatic heterocycles. The number of benzene rings is 3. The molecule has 1 heterocycles. The molecule has 0 atom stereocenters. The van der Waals surface area contributed by atoms with Crippen LogP contribution in [0.1, 0.15) is 21.6 Å². The molecule has 1 aromatic heterocycles. The fourth-order valence-corrected chi connectivity index (χ4v) is 3.69. The van der Waals surface area contributed by atoms with E-state index in [1.165, 1.54) is 60.8 Å². The summed E-state index contributed by atoms with van der Waals surface area (Å²) >= 11 is 5.59. The Kier molecular flexibility index (Phi) is 9.75. The molecular weight excluding hydrogens is 613 g/mol. The summed E-state index contributed by atoms with van der Waals surface area (Å²) in [7, 11) is 0. The number of hydrogen-bond donors (Lipinski definition) is 4. The van der Waals surface area contributed by atoms with Crippen LogP contribution in [-0.2, 0) is 11.0 Å². The Hall–Kier alpha value is -5.50. The highest BCUT2D eigenvalue weighted by Gasteiger charge is 2.33. The summed E-state index contributed by atoms with van der Waals surface area (Å²) in [4.78, 5) is 40.5. The van der Waals surface area contributed by atoms with Crippen molar-refractivity contribution in [3.63, 3.8) is 0 Å². The van der Waals surface area contributed by atoms with Gasteiger partial charge in [0, 0.05) is 29.7 Å². The van der Waals surface area contributed by atoms with Crippen LogP contribution in [-0.4, -0.2) is 22.8 Å². The first-order valence-electron chi connectivity index (χ1n) is 12.3. The van der Waals surface area contributed by atoms with Gasteiger partial charge in [-0.1, -0.05) is 17.7 Å². The van der Waals surface area contributed by atoms with Crippen molar-refractivity contribution in [2.75, 3.05) is 10.6 Å². The van der Waals surface area contributed by atoms with E-state index in [2.05, 4.69) is 26.5 Å². The van der Waals surface area contributed by atoms with E-state index in [-0.39, 0.29) is 22.7 Å². The summed E-state index contributed by atoms with van der Waals surface area (Å²) in [5.74, 6) is -3.13. The van der Waals surface area contributed by atoms with Crippen LogP contribution in [0, 0.1) is 11.6 Å². The molecule has 0 saturated carbocycles. The molecule has 4 rings (SSSR count). The fourth-order valence-electron chi connectivity index (χ4n) is 3.47. The van der Waals surface area contributed by atoms with Gasteiger partial charge in [0.25, 0.3) is 11.8 Å². The van der Waals surface area contributed by atoms with Gasteiger partial charge in [-0.3, -0.25) is 25.4 Å². The summed E-state index contributed by atoms with van der Waals surface area (Å²) < 4.78 is 71.1. The number of amides is 4. The Morgan fingerprint density at radius 1 is 0.795 bits per heavy atom. The van der Waals surface area contributed by atoms with Crippen molar-refractivity contribution in [2.45, 2.75) is 6.18 Å². The zero-order valence-electron chi connectivity index (χ0n) is 22.0. The molecule has 0 fully saturated rings. The minimum absolute atomic E-state index is 0.113. The van der Waals surface area contributed by atoms with Crippen LogP contribution in [0.15, 0.2) is 85.1 Å². The van der Waals surface area contributed by atoms with Gasteiger partial charge in [0.05, 0.1) is 10.6 Å². The SMILES string of the molecule is O=C(C=Cc1ccc(F)c(F)c1)NNC(=O)c1cc(Oc2ccc(NC(=O)Nc3ccc(Cl)c(C(F)(F)F)c3)cc2)ccn1. The third kappa shape index (κ3) is 8.75. The molecule has 0 saturated heterocycles. The Balaban J connectivity index is 1.29. The Labute approximate surface area is 250 Å². The van der Waals surface area contributed by atoms with Crippen LogP contribution in [0.4, 0.5) is 38.1 Å². The average Bonchev–Trinajstić information content (AvgIpc) is 2.98. The second-order valence-corrected chi connectivity index (χ2v) is 9.13. The predicted molar refractivity (Wildman–Crippen MR) is 151 cm³/mol. The van der Waals surface area contributed by atoms with Crippen molar-refractivity contribution in [1.29, 1.82) is 0 Å². The molecule has 226 valence electrons. The molecule has 0 unspecified atom stereocenters. The van der Waals surface area contributed by atoms with Gasteiger partial charge in [-0.15, -0.1) is 0 Å². The summed E-state index contributed by atoms with van der Waals surface area (Å²) in [6.07, 6.45) is -1.18. The third-order valence-electron chi connectivity index (χ3n) is 5.51. The number of urea groups is 1. The highest BCUT2D eigenvalue weighted by Crippen LogP contribution is 2.36. The van der Waals surface area contributed by atoms with Crippen LogP contribution in [0.25, 0.3) is 6.08 Å². The van der Waals surface area contributed by atoms with E-state index in [9.17, 15) is 36.3 Å². The number of anilines is 2. The quantitative estimate of drug-likeness (QED) is 0.100. The number of nitrogens with one attached hydrogen (secondary N) is 4. The lowest BCUT2D eigenvalue weighted by atomic mass is 10.2. The standard InChI is InChI=1S/C29H19ClF5N5O4/c30-22-8-5-18(14-21(22)29(33,34)35)38-28(43)37-17-3-6-19(7-4-17)44-20-11-12-36-25(15-20)27(42)40-39-26(41)10-2-16-1-9-23(31)24(32)13-16/h1-15H,(H,39,41)(H,40,42)(H2,37,38,43). The van der Waals surface area contributed by atoms with Gasteiger partial charge in [0.1, 0.15) is 17.2 Å². The second kappa shape index (κ2) is 13.6. The van der Waals surface area contributed by atoms with Gasteiger partial charge in [-0.25, -0.2) is 13.6 Å². The molecule has 0 bridgehead atoms. The lowest BCUT2D eigenvalue weighted by Crippen LogP contribution is -2.41. The van der Waals surface area contributed by atoms with Crippen LogP contribution in [0.3, 0.4) is 0 Å². The average molecular weight is 632 g/mol. The van der Waals surface area contributed by atoms with Crippen molar-refractivity contribution in [3.8, 4) is 11.5 Å². The van der Waals surface area contributed by atoms with Crippen LogP contribution >= 0.6 is 11.6 Å². The molecule has 44 heavy (non-hydrogen) atoms. The van der Waals surface area contributed by atoms with Gasteiger partial charge < -0.3 is 15.4 Å². The van der Waals surface area contributed by atoms with E-state index >= 15 is 0 Å². The zero-order chi connectivity index (χ0) is 31.9. The maximum Gasteiger partial charge on any atom is 0.417 e. The second-order valence-electron chi connectivity index (χ2n) is 8.72. The first-order valence-corrected chi connectivity index (χ1v) is 12.7. The van der Waals surface area contributed by atoms with E-state index in [0.29, 0.717) is 17.5 Å². The normalized spacial score (nSPS) is 11.1. The number of aromatic nitrogens is 1. The lowest BCUT2D eigenvalue weighted by Gasteiger charge is -2.12. The van der Waals surface area contributed by atoms with Crippen molar-refractivity contribution < 1.29 is 41.1 Å². The molecule has 0 aliphatic rings. The van der Waals surface area contributed by atoms with Gasteiger partial charge in [0.15, 0.2) is 11.6 Å². The van der Waals surface area contributed by atoms with Gasteiger partial charge in [-0.2, -0.15) is 13.2 Å². The number of pyridine rings is 1. The monoisotopic (exact) mass is 631 g/mol. The maximum atomic E-state index is 13.3. The molecule has 15 heteroatoms. The lowest BCUT2D eigenvalue weighted by molar-refractivity contribution is -0.137. The van der Waals surface area contributed by atoms with Crippen LogP contribution in [0.2, 0.25) is 5.02 Å². The molecule has 4 N–H and O–H groups in total. The Bertz CT molecular complexity index is 1730. The zero-order valence-corrected chi connectivity index (χ0v) is 22.8. The van der Waals surface area contributed by atoms with Gasteiger partial charge >= 0.3 is 12.2 Å². The number of nitrogens with zero attached hydrogens (tertiary/aromatic N) is 1. The van der Waals surface area contributed by atoms with Crippen LogP contribution < -0.4 is 26.2 Å². The Morgan fingerprint density at radius 2 is 1.50 bits per heavy atom. The molecule has 9 nitrogen and oxygen atoms in total. The van der Waals surface area contributed by atoms with Crippen molar-refractivity contribution in [3.05, 3.63) is 119 Å². The van der Waals surface area contributed by atoms with E-state index in [1.807, 2.05) is 0 Å². The Morgan fingerprint density at radius 3 is 2.20 bits per heavy atom.